The number of amides is 1. The van der Waals surface area contributed by atoms with E-state index in [1.54, 1.807) is 56.7 Å². The summed E-state index contributed by atoms with van der Waals surface area (Å²) in [6, 6.07) is 17.7. The quantitative estimate of drug-likeness (QED) is 0.558. The van der Waals surface area contributed by atoms with Crippen LogP contribution in [0, 0.1) is 0 Å². The number of ether oxygens (including phenoxy) is 3. The Balaban J connectivity index is 1.61. The summed E-state index contributed by atoms with van der Waals surface area (Å²) in [4.78, 5) is 16.3. The van der Waals surface area contributed by atoms with Gasteiger partial charge in [0.25, 0.3) is 0 Å². The number of nitrogens with two attached hydrogens (primary N) is 1. The molecule has 0 saturated heterocycles. The van der Waals surface area contributed by atoms with Crippen LogP contribution in [0.15, 0.2) is 60.7 Å². The summed E-state index contributed by atoms with van der Waals surface area (Å²) in [7, 11) is 3.20. The van der Waals surface area contributed by atoms with E-state index in [1.165, 1.54) is 0 Å². The van der Waals surface area contributed by atoms with Crippen LogP contribution in [0.4, 0.5) is 22.1 Å². The minimum Gasteiger partial charge on any atom is -0.497 e. The molecule has 0 bridgehead atoms. The monoisotopic (exact) mass is 394 g/mol. The Morgan fingerprint density at radius 2 is 1.66 bits per heavy atom. The molecule has 150 valence electrons. The maximum absolute atomic E-state index is 12.0. The lowest BCUT2D eigenvalue weighted by Gasteiger charge is -2.12. The van der Waals surface area contributed by atoms with Crippen molar-refractivity contribution in [1.29, 1.82) is 0 Å². The van der Waals surface area contributed by atoms with Crippen molar-refractivity contribution in [3.05, 3.63) is 66.2 Å². The molecule has 1 amide bonds. The largest absolute Gasteiger partial charge is 0.497 e. The van der Waals surface area contributed by atoms with E-state index in [4.69, 9.17) is 19.9 Å². The third-order valence-electron chi connectivity index (χ3n) is 4.00. The van der Waals surface area contributed by atoms with Crippen molar-refractivity contribution in [2.45, 2.75) is 6.54 Å². The van der Waals surface area contributed by atoms with Crippen LogP contribution in [-0.2, 0) is 6.54 Å². The van der Waals surface area contributed by atoms with Gasteiger partial charge in [-0.15, -0.1) is 0 Å². The maximum Gasteiger partial charge on any atom is 0.417 e. The summed E-state index contributed by atoms with van der Waals surface area (Å²) >= 11 is 0. The van der Waals surface area contributed by atoms with E-state index in [-0.39, 0.29) is 5.82 Å². The van der Waals surface area contributed by atoms with Gasteiger partial charge in [-0.2, -0.15) is 0 Å². The fourth-order valence-electron chi connectivity index (χ4n) is 2.57. The van der Waals surface area contributed by atoms with E-state index in [9.17, 15) is 4.79 Å². The molecule has 1 aromatic heterocycles. The molecule has 4 N–H and O–H groups in total. The lowest BCUT2D eigenvalue weighted by atomic mass is 10.2. The number of benzene rings is 2. The van der Waals surface area contributed by atoms with Crippen LogP contribution in [-0.4, -0.2) is 25.3 Å². The number of nitrogens with one attached hydrogen (secondary N) is 2. The number of pyridine rings is 1. The van der Waals surface area contributed by atoms with Crippen LogP contribution in [0.25, 0.3) is 0 Å². The molecule has 0 aliphatic rings. The summed E-state index contributed by atoms with van der Waals surface area (Å²) < 4.78 is 15.7. The first kappa shape index (κ1) is 19.8. The smallest absolute Gasteiger partial charge is 0.417 e. The topological polar surface area (TPSA) is 108 Å². The number of hydrogen-bond acceptors (Lipinski definition) is 7. The minimum absolute atomic E-state index is 0.170. The molecule has 8 nitrogen and oxygen atoms in total. The van der Waals surface area contributed by atoms with Crippen LogP contribution in [0.2, 0.25) is 0 Å². The average Bonchev–Trinajstić information content (AvgIpc) is 2.74. The van der Waals surface area contributed by atoms with E-state index in [1.807, 2.05) is 18.2 Å². The highest BCUT2D eigenvalue weighted by Gasteiger charge is 2.09. The van der Waals surface area contributed by atoms with Gasteiger partial charge in [-0.05, 0) is 42.0 Å². The molecular weight excluding hydrogens is 372 g/mol. The number of hydrogen-bond donors (Lipinski definition) is 3. The molecule has 3 aromatic rings. The van der Waals surface area contributed by atoms with E-state index in [2.05, 4.69) is 15.6 Å². The molecule has 0 radical (unpaired) electrons. The van der Waals surface area contributed by atoms with E-state index >= 15 is 0 Å². The molecule has 0 unspecified atom stereocenters. The summed E-state index contributed by atoms with van der Waals surface area (Å²) in [5, 5.41) is 5.76. The van der Waals surface area contributed by atoms with Crippen LogP contribution >= 0.6 is 0 Å². The zero-order valence-corrected chi connectivity index (χ0v) is 16.1. The molecule has 8 heteroatoms. The van der Waals surface area contributed by atoms with E-state index in [0.29, 0.717) is 35.3 Å². The highest BCUT2D eigenvalue weighted by Crippen LogP contribution is 2.24. The van der Waals surface area contributed by atoms with E-state index in [0.717, 1.165) is 5.56 Å². The van der Waals surface area contributed by atoms with Gasteiger partial charge in [0.1, 0.15) is 28.9 Å². The first-order chi connectivity index (χ1) is 14.1. The van der Waals surface area contributed by atoms with Gasteiger partial charge in [-0.3, -0.25) is 5.32 Å². The summed E-state index contributed by atoms with van der Waals surface area (Å²) in [5.41, 5.74) is 7.28. The third-order valence-corrected chi connectivity index (χ3v) is 4.00. The number of aromatic nitrogens is 1. The molecule has 0 fully saturated rings. The molecule has 0 spiro atoms. The van der Waals surface area contributed by atoms with Crippen molar-refractivity contribution in [1.82, 2.24) is 4.98 Å². The molecule has 0 saturated carbocycles. The average molecular weight is 394 g/mol. The van der Waals surface area contributed by atoms with Crippen molar-refractivity contribution in [2.75, 3.05) is 30.6 Å². The number of nitrogen functional groups attached to an aromatic ring is 1. The molecular formula is C21H22N4O4. The Morgan fingerprint density at radius 1 is 0.966 bits per heavy atom. The van der Waals surface area contributed by atoms with Gasteiger partial charge in [-0.1, -0.05) is 18.2 Å². The minimum atomic E-state index is -0.645. The fourth-order valence-corrected chi connectivity index (χ4v) is 2.57. The number of para-hydroxylation sites is 1. The Hall–Kier alpha value is -3.94. The normalized spacial score (nSPS) is 10.1. The number of nitrogens with zero attached hydrogens (tertiary/aromatic N) is 1. The Morgan fingerprint density at radius 3 is 2.28 bits per heavy atom. The Bertz CT molecular complexity index is 957. The second-order valence-electron chi connectivity index (χ2n) is 6.03. The van der Waals surface area contributed by atoms with Crippen LogP contribution < -0.4 is 30.6 Å². The van der Waals surface area contributed by atoms with Gasteiger partial charge in [0.05, 0.1) is 19.9 Å². The zero-order chi connectivity index (χ0) is 20.6. The highest BCUT2D eigenvalue weighted by molar-refractivity contribution is 5.89. The van der Waals surface area contributed by atoms with Gasteiger partial charge < -0.3 is 25.3 Å². The van der Waals surface area contributed by atoms with Crippen LogP contribution in [0.3, 0.4) is 0 Å². The third kappa shape index (κ3) is 5.52. The first-order valence-corrected chi connectivity index (χ1v) is 8.83. The SMILES string of the molecule is COc1cc(CNc2ccc(NC(=O)Oc3ccccc3)c(N)n2)cc(OC)c1. The zero-order valence-electron chi connectivity index (χ0n) is 16.1. The fraction of sp³-hybridized carbons (Fsp3) is 0.143. The number of carbonyl (C=O) groups excluding carboxylic acids is 1. The molecule has 2 aromatic carbocycles. The van der Waals surface area contributed by atoms with Crippen LogP contribution in [0.5, 0.6) is 17.2 Å². The van der Waals surface area contributed by atoms with Gasteiger partial charge >= 0.3 is 6.09 Å². The number of anilines is 3. The molecule has 3 rings (SSSR count). The summed E-state index contributed by atoms with van der Waals surface area (Å²) in [6.45, 7) is 0.489. The van der Waals surface area contributed by atoms with Gasteiger partial charge in [-0.25, -0.2) is 9.78 Å². The van der Waals surface area contributed by atoms with Crippen LogP contribution in [0.1, 0.15) is 5.56 Å². The number of methoxy groups -OCH3 is 2. The molecule has 29 heavy (non-hydrogen) atoms. The predicted octanol–water partition coefficient (Wildman–Crippen LogP) is 3.90. The second kappa shape index (κ2) is 9.32. The lowest BCUT2D eigenvalue weighted by molar-refractivity contribution is 0.215. The van der Waals surface area contributed by atoms with Crippen molar-refractivity contribution in [2.24, 2.45) is 0 Å². The van der Waals surface area contributed by atoms with Crippen molar-refractivity contribution in [3.63, 3.8) is 0 Å². The predicted molar refractivity (Wildman–Crippen MR) is 112 cm³/mol. The standard InChI is InChI=1S/C21H22N4O4/c1-27-16-10-14(11-17(12-16)28-2)13-23-19-9-8-18(20(22)25-19)24-21(26)29-15-6-4-3-5-7-15/h3-12H,13H2,1-2H3,(H,24,26)(H3,22,23,25). The lowest BCUT2D eigenvalue weighted by Crippen LogP contribution is -2.18. The summed E-state index contributed by atoms with van der Waals surface area (Å²) in [6.07, 6.45) is -0.645. The van der Waals surface area contributed by atoms with E-state index < -0.39 is 6.09 Å². The van der Waals surface area contributed by atoms with Crippen molar-refractivity contribution >= 4 is 23.4 Å². The van der Waals surface area contributed by atoms with Crippen molar-refractivity contribution < 1.29 is 19.0 Å². The van der Waals surface area contributed by atoms with Gasteiger partial charge in [0.15, 0.2) is 0 Å². The molecule has 1 heterocycles. The number of carbonyl (C=O) groups is 1. The molecule has 0 aliphatic heterocycles. The Labute approximate surface area is 168 Å². The summed E-state index contributed by atoms with van der Waals surface area (Å²) in [5.74, 6) is 2.56. The first-order valence-electron chi connectivity index (χ1n) is 8.83. The maximum atomic E-state index is 12.0. The Kier molecular flexibility index (Phi) is 6.36. The molecule has 0 atom stereocenters. The van der Waals surface area contributed by atoms with Gasteiger partial charge in [0.2, 0.25) is 0 Å². The molecule has 0 aliphatic carbocycles. The number of rotatable bonds is 7. The second-order valence-corrected chi connectivity index (χ2v) is 6.03. The highest BCUT2D eigenvalue weighted by atomic mass is 16.6. The van der Waals surface area contributed by atoms with Gasteiger partial charge in [0, 0.05) is 12.6 Å². The van der Waals surface area contributed by atoms with Crippen molar-refractivity contribution in [3.8, 4) is 17.2 Å².